The second kappa shape index (κ2) is 6.75. The fourth-order valence-electron chi connectivity index (χ4n) is 2.40. The molecular weight excluding hydrogens is 296 g/mol. The standard InChI is InChI=1S/C17H18N2O2S/c1-2-21-13-9-6-12(7-10-13)8-11-16(20)19-17-18-14-4-3-5-15(14)22-17/h6-11H,2-5H2,1H3,(H,18,19,20)/b11-8+. The van der Waals surface area contributed by atoms with Crippen LogP contribution in [-0.2, 0) is 17.6 Å². The number of benzene rings is 1. The Balaban J connectivity index is 1.58. The van der Waals surface area contributed by atoms with Crippen LogP contribution in [0.5, 0.6) is 5.75 Å². The molecular formula is C17H18N2O2S. The van der Waals surface area contributed by atoms with Crippen LogP contribution < -0.4 is 10.1 Å². The maximum Gasteiger partial charge on any atom is 0.250 e. The maximum absolute atomic E-state index is 11.9. The lowest BCUT2D eigenvalue weighted by Crippen LogP contribution is -2.07. The Morgan fingerprint density at radius 2 is 2.18 bits per heavy atom. The van der Waals surface area contributed by atoms with Crippen LogP contribution in [0.15, 0.2) is 30.3 Å². The molecule has 0 saturated heterocycles. The highest BCUT2D eigenvalue weighted by Gasteiger charge is 2.17. The van der Waals surface area contributed by atoms with Crippen LogP contribution in [0.3, 0.4) is 0 Å². The van der Waals surface area contributed by atoms with Gasteiger partial charge in [0.15, 0.2) is 5.13 Å². The molecule has 22 heavy (non-hydrogen) atoms. The van der Waals surface area contributed by atoms with Gasteiger partial charge in [-0.05, 0) is 50.0 Å². The minimum atomic E-state index is -0.152. The summed E-state index contributed by atoms with van der Waals surface area (Å²) >= 11 is 1.59. The third-order valence-electron chi connectivity index (χ3n) is 3.44. The predicted octanol–water partition coefficient (Wildman–Crippen LogP) is 3.68. The Kier molecular flexibility index (Phi) is 4.53. The van der Waals surface area contributed by atoms with Crippen molar-refractivity contribution >= 4 is 28.5 Å². The van der Waals surface area contributed by atoms with E-state index in [0.717, 1.165) is 29.8 Å². The van der Waals surface area contributed by atoms with Gasteiger partial charge < -0.3 is 4.74 Å². The molecule has 4 nitrogen and oxygen atoms in total. The summed E-state index contributed by atoms with van der Waals surface area (Å²) in [5.74, 6) is 0.683. The zero-order valence-electron chi connectivity index (χ0n) is 12.5. The Hall–Kier alpha value is -2.14. The zero-order chi connectivity index (χ0) is 15.4. The van der Waals surface area contributed by atoms with E-state index in [9.17, 15) is 4.79 Å². The number of nitrogens with zero attached hydrogens (tertiary/aromatic N) is 1. The van der Waals surface area contributed by atoms with Gasteiger partial charge in [0.2, 0.25) is 5.91 Å². The van der Waals surface area contributed by atoms with Gasteiger partial charge in [0.25, 0.3) is 0 Å². The van der Waals surface area contributed by atoms with Crippen molar-refractivity contribution in [1.29, 1.82) is 0 Å². The summed E-state index contributed by atoms with van der Waals surface area (Å²) in [6.07, 6.45) is 6.61. The first-order chi connectivity index (χ1) is 10.7. The number of rotatable bonds is 5. The average Bonchev–Trinajstić information content (AvgIpc) is 3.08. The zero-order valence-corrected chi connectivity index (χ0v) is 13.3. The number of hydrogen-bond donors (Lipinski definition) is 1. The number of thiazole rings is 1. The lowest BCUT2D eigenvalue weighted by atomic mass is 10.2. The largest absolute Gasteiger partial charge is 0.494 e. The number of hydrogen-bond acceptors (Lipinski definition) is 4. The number of carbonyl (C=O) groups is 1. The monoisotopic (exact) mass is 314 g/mol. The number of fused-ring (bicyclic) bond motifs is 1. The molecule has 0 fully saturated rings. The number of anilines is 1. The SMILES string of the molecule is CCOc1ccc(/C=C/C(=O)Nc2nc3c(s2)CCC3)cc1. The summed E-state index contributed by atoms with van der Waals surface area (Å²) < 4.78 is 5.38. The van der Waals surface area contributed by atoms with Crippen molar-refractivity contribution in [3.8, 4) is 5.75 Å². The Morgan fingerprint density at radius 1 is 1.36 bits per heavy atom. The van der Waals surface area contributed by atoms with E-state index < -0.39 is 0 Å². The third-order valence-corrected chi connectivity index (χ3v) is 4.52. The summed E-state index contributed by atoms with van der Waals surface area (Å²) in [6.45, 7) is 2.60. The van der Waals surface area contributed by atoms with Crippen LogP contribution >= 0.6 is 11.3 Å². The van der Waals surface area contributed by atoms with Crippen LogP contribution in [0.4, 0.5) is 5.13 Å². The third kappa shape index (κ3) is 3.54. The number of aromatic nitrogens is 1. The minimum absolute atomic E-state index is 0.152. The lowest BCUT2D eigenvalue weighted by Gasteiger charge is -2.02. The van der Waals surface area contributed by atoms with Gasteiger partial charge in [0.05, 0.1) is 12.3 Å². The van der Waals surface area contributed by atoms with E-state index >= 15 is 0 Å². The van der Waals surface area contributed by atoms with E-state index in [0.29, 0.717) is 11.7 Å². The van der Waals surface area contributed by atoms with Gasteiger partial charge in [-0.25, -0.2) is 4.98 Å². The second-order valence-electron chi connectivity index (χ2n) is 5.07. The summed E-state index contributed by atoms with van der Waals surface area (Å²) in [5, 5.41) is 3.53. The predicted molar refractivity (Wildman–Crippen MR) is 89.4 cm³/mol. The van der Waals surface area contributed by atoms with Gasteiger partial charge in [-0.15, -0.1) is 11.3 Å². The molecule has 0 saturated carbocycles. The quantitative estimate of drug-likeness (QED) is 0.857. The lowest BCUT2D eigenvalue weighted by molar-refractivity contribution is -0.111. The van der Waals surface area contributed by atoms with Crippen LogP contribution in [-0.4, -0.2) is 17.5 Å². The van der Waals surface area contributed by atoms with Crippen LogP contribution in [0.1, 0.15) is 29.5 Å². The molecule has 1 amide bonds. The maximum atomic E-state index is 11.9. The van der Waals surface area contributed by atoms with Crippen molar-refractivity contribution in [2.75, 3.05) is 11.9 Å². The van der Waals surface area contributed by atoms with Crippen LogP contribution in [0.2, 0.25) is 0 Å². The Bertz CT molecular complexity index is 668. The topological polar surface area (TPSA) is 51.2 Å². The fourth-order valence-corrected chi connectivity index (χ4v) is 3.46. The minimum Gasteiger partial charge on any atom is -0.494 e. The Labute approximate surface area is 133 Å². The molecule has 1 N–H and O–H groups in total. The van der Waals surface area contributed by atoms with E-state index in [1.165, 1.54) is 17.4 Å². The van der Waals surface area contributed by atoms with E-state index in [1.807, 2.05) is 31.2 Å². The molecule has 1 aromatic heterocycles. The molecule has 114 valence electrons. The number of nitrogens with one attached hydrogen (secondary N) is 1. The average molecular weight is 314 g/mol. The Morgan fingerprint density at radius 3 is 2.91 bits per heavy atom. The molecule has 0 atom stereocenters. The molecule has 0 radical (unpaired) electrons. The molecule has 0 bridgehead atoms. The molecule has 1 aliphatic rings. The normalized spacial score (nSPS) is 13.3. The molecule has 1 aliphatic carbocycles. The summed E-state index contributed by atoms with van der Waals surface area (Å²) in [5.41, 5.74) is 2.11. The van der Waals surface area contributed by atoms with Crippen molar-refractivity contribution in [3.05, 3.63) is 46.5 Å². The highest BCUT2D eigenvalue weighted by Crippen LogP contribution is 2.30. The molecule has 0 unspecified atom stereocenters. The van der Waals surface area contributed by atoms with Crippen molar-refractivity contribution in [1.82, 2.24) is 4.98 Å². The van der Waals surface area contributed by atoms with Crippen LogP contribution in [0.25, 0.3) is 6.08 Å². The van der Waals surface area contributed by atoms with Crippen molar-refractivity contribution in [3.63, 3.8) is 0 Å². The highest BCUT2D eigenvalue weighted by molar-refractivity contribution is 7.15. The fraction of sp³-hybridized carbons (Fsp3) is 0.294. The van der Waals surface area contributed by atoms with E-state index in [-0.39, 0.29) is 5.91 Å². The number of amides is 1. The van der Waals surface area contributed by atoms with Crippen LogP contribution in [0, 0.1) is 0 Å². The molecule has 1 heterocycles. The summed E-state index contributed by atoms with van der Waals surface area (Å²) in [4.78, 5) is 17.7. The number of carbonyl (C=O) groups excluding carboxylic acids is 1. The molecule has 0 aliphatic heterocycles. The van der Waals surface area contributed by atoms with Gasteiger partial charge in [-0.2, -0.15) is 0 Å². The molecule has 0 spiro atoms. The highest BCUT2D eigenvalue weighted by atomic mass is 32.1. The second-order valence-corrected chi connectivity index (χ2v) is 6.15. The number of ether oxygens (including phenoxy) is 1. The summed E-state index contributed by atoms with van der Waals surface area (Å²) in [6, 6.07) is 7.64. The molecule has 1 aromatic carbocycles. The molecule has 5 heteroatoms. The van der Waals surface area contributed by atoms with E-state index in [2.05, 4.69) is 10.3 Å². The first-order valence-electron chi connectivity index (χ1n) is 7.45. The van der Waals surface area contributed by atoms with E-state index in [1.54, 1.807) is 17.4 Å². The smallest absolute Gasteiger partial charge is 0.250 e. The number of aryl methyl sites for hydroxylation is 2. The molecule has 3 rings (SSSR count). The van der Waals surface area contributed by atoms with Crippen molar-refractivity contribution < 1.29 is 9.53 Å². The first kappa shape index (κ1) is 14.8. The van der Waals surface area contributed by atoms with Crippen molar-refractivity contribution in [2.24, 2.45) is 0 Å². The van der Waals surface area contributed by atoms with E-state index in [4.69, 9.17) is 4.74 Å². The van der Waals surface area contributed by atoms with Gasteiger partial charge in [-0.3, -0.25) is 10.1 Å². The van der Waals surface area contributed by atoms with Gasteiger partial charge in [-0.1, -0.05) is 12.1 Å². The summed E-state index contributed by atoms with van der Waals surface area (Å²) in [7, 11) is 0. The van der Waals surface area contributed by atoms with Gasteiger partial charge >= 0.3 is 0 Å². The first-order valence-corrected chi connectivity index (χ1v) is 8.27. The van der Waals surface area contributed by atoms with Gasteiger partial charge in [0, 0.05) is 11.0 Å². The van der Waals surface area contributed by atoms with Crippen molar-refractivity contribution in [2.45, 2.75) is 26.2 Å². The van der Waals surface area contributed by atoms with Gasteiger partial charge in [0.1, 0.15) is 5.75 Å². The molecule has 2 aromatic rings.